The molecule has 1 N–H and O–H groups in total. The molecule has 9 heteroatoms. The van der Waals surface area contributed by atoms with Gasteiger partial charge in [-0.25, -0.2) is 21.6 Å². The predicted octanol–water partition coefficient (Wildman–Crippen LogP) is 1.82. The van der Waals surface area contributed by atoms with E-state index in [1.165, 1.54) is 11.8 Å². The van der Waals surface area contributed by atoms with Crippen molar-refractivity contribution >= 4 is 20.0 Å². The second-order valence-electron chi connectivity index (χ2n) is 7.47. The van der Waals surface area contributed by atoms with E-state index in [1.54, 1.807) is 22.6 Å². The number of pyridine rings is 1. The average Bonchev–Trinajstić information content (AvgIpc) is 2.69. The number of hydrogen-bond donors (Lipinski definition) is 1. The number of rotatable bonds is 8. The first kappa shape index (κ1) is 21.9. The summed E-state index contributed by atoms with van der Waals surface area (Å²) in [7, 11) is -6.62. The Morgan fingerprint density at radius 2 is 1.69 bits per heavy atom. The minimum atomic E-state index is -3.46. The molecular formula is C20H27N3O4S2. The van der Waals surface area contributed by atoms with Gasteiger partial charge in [0.05, 0.1) is 6.26 Å². The van der Waals surface area contributed by atoms with Gasteiger partial charge in [0.1, 0.15) is 4.90 Å². The zero-order valence-corrected chi connectivity index (χ0v) is 18.1. The number of nitrogens with zero attached hydrogens (tertiary/aromatic N) is 2. The predicted molar refractivity (Wildman–Crippen MR) is 112 cm³/mol. The lowest BCUT2D eigenvalue weighted by Crippen LogP contribution is -2.38. The monoisotopic (exact) mass is 437 g/mol. The van der Waals surface area contributed by atoms with E-state index in [2.05, 4.69) is 21.8 Å². The maximum atomic E-state index is 12.7. The third-order valence-corrected chi connectivity index (χ3v) is 7.78. The van der Waals surface area contributed by atoms with Gasteiger partial charge in [-0.3, -0.25) is 4.98 Å². The van der Waals surface area contributed by atoms with Crippen LogP contribution in [0.1, 0.15) is 24.0 Å². The lowest BCUT2D eigenvalue weighted by atomic mass is 9.90. The zero-order valence-electron chi connectivity index (χ0n) is 16.5. The van der Waals surface area contributed by atoms with Gasteiger partial charge in [0.25, 0.3) is 0 Å². The van der Waals surface area contributed by atoms with Crippen LogP contribution in [0.3, 0.4) is 0 Å². The van der Waals surface area contributed by atoms with Crippen LogP contribution in [0, 0.1) is 5.92 Å². The Morgan fingerprint density at radius 1 is 1.03 bits per heavy atom. The Morgan fingerprint density at radius 3 is 2.28 bits per heavy atom. The molecule has 1 fully saturated rings. The van der Waals surface area contributed by atoms with Crippen molar-refractivity contribution in [2.45, 2.75) is 30.6 Å². The molecule has 1 aliphatic heterocycles. The smallest absolute Gasteiger partial charge is 0.244 e. The Bertz CT molecular complexity index is 999. The molecule has 0 amide bonds. The molecule has 1 aromatic carbocycles. The highest BCUT2D eigenvalue weighted by Gasteiger charge is 2.29. The van der Waals surface area contributed by atoms with Crippen LogP contribution in [-0.2, 0) is 32.9 Å². The van der Waals surface area contributed by atoms with Crippen LogP contribution in [0.4, 0.5) is 0 Å². The molecule has 0 saturated carbocycles. The molecule has 0 atom stereocenters. The topological polar surface area (TPSA) is 96.4 Å². The van der Waals surface area contributed by atoms with Crippen molar-refractivity contribution in [2.75, 3.05) is 25.9 Å². The molecule has 2 aromatic rings. The van der Waals surface area contributed by atoms with Crippen molar-refractivity contribution in [2.24, 2.45) is 5.92 Å². The largest absolute Gasteiger partial charge is 0.263 e. The molecule has 7 nitrogen and oxygen atoms in total. The summed E-state index contributed by atoms with van der Waals surface area (Å²) < 4.78 is 51.6. The molecule has 29 heavy (non-hydrogen) atoms. The highest BCUT2D eigenvalue weighted by molar-refractivity contribution is 7.89. The van der Waals surface area contributed by atoms with Gasteiger partial charge < -0.3 is 0 Å². The van der Waals surface area contributed by atoms with Gasteiger partial charge in [-0.2, -0.15) is 4.31 Å². The normalized spacial score (nSPS) is 16.7. The minimum Gasteiger partial charge on any atom is -0.263 e. The van der Waals surface area contributed by atoms with Crippen molar-refractivity contribution in [3.63, 3.8) is 0 Å². The molecule has 2 heterocycles. The summed E-state index contributed by atoms with van der Waals surface area (Å²) in [4.78, 5) is 4.16. The van der Waals surface area contributed by atoms with Crippen LogP contribution >= 0.6 is 0 Å². The number of sulfonamides is 2. The molecule has 0 radical (unpaired) electrons. The minimum absolute atomic E-state index is 0.249. The number of aromatic nitrogens is 1. The van der Waals surface area contributed by atoms with E-state index in [9.17, 15) is 16.8 Å². The Balaban J connectivity index is 1.49. The van der Waals surface area contributed by atoms with Gasteiger partial charge in [-0.1, -0.05) is 24.3 Å². The lowest BCUT2D eigenvalue weighted by Gasteiger charge is -2.31. The van der Waals surface area contributed by atoms with Crippen molar-refractivity contribution in [3.8, 4) is 0 Å². The third kappa shape index (κ3) is 6.33. The van der Waals surface area contributed by atoms with Crippen LogP contribution in [0.15, 0.2) is 53.7 Å². The molecule has 0 aliphatic carbocycles. The van der Waals surface area contributed by atoms with E-state index in [4.69, 9.17) is 0 Å². The molecule has 0 bridgehead atoms. The quantitative estimate of drug-likeness (QED) is 0.679. The van der Waals surface area contributed by atoms with E-state index >= 15 is 0 Å². The van der Waals surface area contributed by atoms with Gasteiger partial charge in [0.15, 0.2) is 0 Å². The zero-order chi connectivity index (χ0) is 20.9. The van der Waals surface area contributed by atoms with Crippen LogP contribution in [0.5, 0.6) is 0 Å². The summed E-state index contributed by atoms with van der Waals surface area (Å²) in [6.45, 7) is 1.44. The number of hydrogen-bond acceptors (Lipinski definition) is 5. The summed E-state index contributed by atoms with van der Waals surface area (Å²) in [5.41, 5.74) is 2.31. The second kappa shape index (κ2) is 9.34. The molecule has 1 aliphatic rings. The maximum Gasteiger partial charge on any atom is 0.244 e. The SMILES string of the molecule is CS(=O)(=O)NCCc1ccc(CC2CCN(S(=O)(=O)c3cccnc3)CC2)cc1. The van der Waals surface area contributed by atoms with Crippen molar-refractivity contribution in [1.82, 2.24) is 14.0 Å². The van der Waals surface area contributed by atoms with E-state index in [0.29, 0.717) is 32.0 Å². The maximum absolute atomic E-state index is 12.7. The first-order valence-corrected chi connectivity index (χ1v) is 13.0. The fourth-order valence-corrected chi connectivity index (χ4v) is 5.47. The first-order valence-electron chi connectivity index (χ1n) is 9.67. The number of piperidine rings is 1. The first-order chi connectivity index (χ1) is 13.7. The van der Waals surface area contributed by atoms with E-state index < -0.39 is 20.0 Å². The Hall–Kier alpha value is -1.81. The van der Waals surface area contributed by atoms with E-state index in [1.807, 2.05) is 12.1 Å². The standard InChI is InChI=1S/C20H27N3O4S2/c1-28(24,25)22-12-8-17-4-6-18(7-5-17)15-19-9-13-23(14-10-19)29(26,27)20-3-2-11-21-16-20/h2-7,11,16,19,22H,8-10,12-15H2,1H3. The molecule has 1 saturated heterocycles. The van der Waals surface area contributed by atoms with E-state index in [0.717, 1.165) is 31.1 Å². The van der Waals surface area contributed by atoms with Crippen molar-refractivity contribution in [3.05, 3.63) is 59.9 Å². The molecule has 158 valence electrons. The van der Waals surface area contributed by atoms with Crippen LogP contribution in [0.2, 0.25) is 0 Å². The van der Waals surface area contributed by atoms with Gasteiger partial charge in [-0.05, 0) is 54.9 Å². The van der Waals surface area contributed by atoms with Gasteiger partial charge >= 0.3 is 0 Å². The van der Waals surface area contributed by atoms with Crippen molar-refractivity contribution < 1.29 is 16.8 Å². The third-order valence-electron chi connectivity index (χ3n) is 5.17. The second-order valence-corrected chi connectivity index (χ2v) is 11.2. The van der Waals surface area contributed by atoms with Gasteiger partial charge in [-0.15, -0.1) is 0 Å². The molecular weight excluding hydrogens is 410 g/mol. The fourth-order valence-electron chi connectivity index (χ4n) is 3.56. The molecule has 1 aromatic heterocycles. The van der Waals surface area contributed by atoms with Crippen LogP contribution in [-0.4, -0.2) is 52.0 Å². The number of benzene rings is 1. The lowest BCUT2D eigenvalue weighted by molar-refractivity contribution is 0.273. The number of nitrogens with one attached hydrogen (secondary N) is 1. The molecule has 0 unspecified atom stereocenters. The Kier molecular flexibility index (Phi) is 7.05. The summed E-state index contributed by atoms with van der Waals surface area (Å²) in [6, 6.07) is 11.4. The Labute approximate surface area is 173 Å². The van der Waals surface area contributed by atoms with E-state index in [-0.39, 0.29) is 4.90 Å². The summed E-state index contributed by atoms with van der Waals surface area (Å²) in [5.74, 6) is 0.452. The average molecular weight is 438 g/mol. The highest BCUT2D eigenvalue weighted by atomic mass is 32.2. The summed E-state index contributed by atoms with van der Waals surface area (Å²) >= 11 is 0. The summed E-state index contributed by atoms with van der Waals surface area (Å²) in [6.07, 6.45) is 7.36. The summed E-state index contributed by atoms with van der Waals surface area (Å²) in [5, 5.41) is 0. The molecule has 3 rings (SSSR count). The van der Waals surface area contributed by atoms with Crippen LogP contribution in [0.25, 0.3) is 0 Å². The fraction of sp³-hybridized carbons (Fsp3) is 0.450. The van der Waals surface area contributed by atoms with Crippen LogP contribution < -0.4 is 4.72 Å². The van der Waals surface area contributed by atoms with Crippen molar-refractivity contribution in [1.29, 1.82) is 0 Å². The molecule has 0 spiro atoms. The van der Waals surface area contributed by atoms with Gasteiger partial charge in [0.2, 0.25) is 20.0 Å². The highest BCUT2D eigenvalue weighted by Crippen LogP contribution is 2.26. The van der Waals surface area contributed by atoms with Gasteiger partial charge in [0, 0.05) is 32.0 Å².